The van der Waals surface area contributed by atoms with Crippen LogP contribution in [0.15, 0.2) is 0 Å². The molecule has 0 bridgehead atoms. The summed E-state index contributed by atoms with van der Waals surface area (Å²) in [6, 6.07) is 1.20. The molecule has 0 aromatic rings. The highest BCUT2D eigenvalue weighted by atomic mass is 28.5. The van der Waals surface area contributed by atoms with E-state index in [-0.39, 0.29) is 72.8 Å². The second kappa shape index (κ2) is 57.2. The lowest BCUT2D eigenvalue weighted by atomic mass is 10.1. The van der Waals surface area contributed by atoms with Crippen molar-refractivity contribution in [2.75, 3.05) is 78.7 Å². The van der Waals surface area contributed by atoms with Crippen LogP contribution < -0.4 is 42.9 Å². The summed E-state index contributed by atoms with van der Waals surface area (Å²) in [5, 5.41) is 35.8. The Morgan fingerprint density at radius 3 is 1.05 bits per heavy atom. The maximum atomic E-state index is 13.2. The molecule has 24 nitrogen and oxygen atoms in total. The molecule has 93 heavy (non-hydrogen) atoms. The van der Waals surface area contributed by atoms with Gasteiger partial charge in [-0.25, -0.2) is 20.5 Å². The van der Waals surface area contributed by atoms with Gasteiger partial charge in [0.05, 0.1) is 26.3 Å². The van der Waals surface area contributed by atoms with Gasteiger partial charge in [-0.1, -0.05) is 103 Å². The number of esters is 2. The minimum atomic E-state index is -2.44. The number of amides is 8. The Morgan fingerprint density at radius 2 is 0.699 bits per heavy atom. The van der Waals surface area contributed by atoms with Crippen LogP contribution in [0.2, 0.25) is 51.4 Å². The van der Waals surface area contributed by atoms with Crippen LogP contribution in [0.1, 0.15) is 233 Å². The lowest BCUT2D eigenvalue weighted by molar-refractivity contribution is -0.144. The van der Waals surface area contributed by atoms with Crippen LogP contribution >= 0.6 is 0 Å². The van der Waals surface area contributed by atoms with Gasteiger partial charge in [0.2, 0.25) is 23.6 Å². The average Bonchev–Trinajstić information content (AvgIpc) is 1.02. The van der Waals surface area contributed by atoms with E-state index in [0.717, 1.165) is 192 Å². The molecule has 0 aromatic heterocycles. The van der Waals surface area contributed by atoms with Gasteiger partial charge in [0.25, 0.3) is 0 Å². The number of hydrogen-bond donors (Lipinski definition) is 10. The number of imide groups is 2. The molecule has 10 N–H and O–H groups in total. The first-order valence-electron chi connectivity index (χ1n) is 35.9. The number of nitrogens with zero attached hydrogens (tertiary/aromatic N) is 2. The van der Waals surface area contributed by atoms with Crippen LogP contribution in [-0.4, -0.2) is 184 Å². The van der Waals surface area contributed by atoms with E-state index in [1.54, 1.807) is 0 Å². The highest BCUT2D eigenvalue weighted by Gasteiger charge is 2.39. The highest BCUT2D eigenvalue weighted by molar-refractivity contribution is 6.87. The third-order valence-corrected chi connectivity index (χ3v) is 27.5. The molecule has 27 heteroatoms. The molecule has 0 saturated carbocycles. The van der Waals surface area contributed by atoms with Gasteiger partial charge in [-0.05, 0) is 168 Å². The zero-order valence-electron chi connectivity index (χ0n) is 59.9. The van der Waals surface area contributed by atoms with Crippen molar-refractivity contribution in [1.29, 1.82) is 0 Å². The number of unbranched alkanes of at least 4 members (excludes halogenated alkanes) is 20. The summed E-state index contributed by atoms with van der Waals surface area (Å²) in [5.74, 6) is -0.981. The first kappa shape index (κ1) is 89.1. The van der Waals surface area contributed by atoms with Crippen molar-refractivity contribution in [3.8, 4) is 0 Å². The number of hydroxylamine groups is 2. The van der Waals surface area contributed by atoms with Gasteiger partial charge in [-0.3, -0.25) is 38.6 Å². The quantitative estimate of drug-likeness (QED) is 0.0117. The van der Waals surface area contributed by atoms with Crippen molar-refractivity contribution in [2.24, 2.45) is 0 Å². The van der Waals surface area contributed by atoms with E-state index in [9.17, 15) is 38.4 Å². The molecule has 0 aliphatic rings. The Bertz CT molecular complexity index is 1870. The van der Waals surface area contributed by atoms with Crippen LogP contribution in [0.5, 0.6) is 0 Å². The van der Waals surface area contributed by atoms with Gasteiger partial charge < -0.3 is 60.0 Å². The summed E-state index contributed by atoms with van der Waals surface area (Å²) in [7, 11) is -6.57. The van der Waals surface area contributed by atoms with Crippen molar-refractivity contribution >= 4 is 72.8 Å². The maximum absolute atomic E-state index is 13.2. The highest BCUT2D eigenvalue weighted by Crippen LogP contribution is 2.27. The molecule has 0 saturated heterocycles. The fraction of sp³-hybridized carbons (Fsp3) is 0.879. The summed E-state index contributed by atoms with van der Waals surface area (Å²) in [6.07, 6.45) is 26.3. The van der Waals surface area contributed by atoms with E-state index in [1.165, 1.54) is 23.6 Å². The van der Waals surface area contributed by atoms with Crippen molar-refractivity contribution in [3.63, 3.8) is 0 Å². The van der Waals surface area contributed by atoms with Crippen LogP contribution in [0.4, 0.5) is 9.59 Å². The molecule has 8 amide bonds. The average molecular weight is 1380 g/mol. The zero-order chi connectivity index (χ0) is 69.4. The number of carbonyl (C=O) groups excluding carboxylic acids is 8. The molecule has 0 heterocycles. The van der Waals surface area contributed by atoms with Crippen LogP contribution in [-0.2, 0) is 46.5 Å². The standard InChI is InChI=1S/C66H134N10O14Si3/c1-57(73-85)39-23-21-27-43-67-55-61(79)75(65(83)71-47-31-17-15-29-45-69-59(3)77)49-33-19-11-13-25-41-63(81)87-51-35-37-53-91(5,6)89-93(9,10)90-92(7,8)54-38-36-52-88-64(82)42-26-14-12-20-34-50-76(62(80)56-68-44-28-22-24-40-58(2)74-86)66(84)72-48-32-18-16-30-46-70-60(4)78/h57-58,67-68,73-74,85-86H,11-56H2,1-10H3,(H,69,77)(H,70,78)(H,71,83)(H,72,84). The summed E-state index contributed by atoms with van der Waals surface area (Å²) >= 11 is 0. The molecule has 544 valence electrons. The van der Waals surface area contributed by atoms with E-state index in [4.69, 9.17) is 28.1 Å². The van der Waals surface area contributed by atoms with Crippen LogP contribution in [0.3, 0.4) is 0 Å². The molecule has 2 unspecified atom stereocenters. The normalized spacial score (nSPS) is 12.4. The molecule has 0 spiro atoms. The number of carbonyl (C=O) groups is 8. The number of ether oxygens (including phenoxy) is 2. The van der Waals surface area contributed by atoms with Gasteiger partial charge >= 0.3 is 32.6 Å². The van der Waals surface area contributed by atoms with Crippen molar-refractivity contribution in [3.05, 3.63) is 0 Å². The Morgan fingerprint density at radius 1 is 0.387 bits per heavy atom. The molecule has 0 aliphatic carbocycles. The summed E-state index contributed by atoms with van der Waals surface area (Å²) in [4.78, 5) is 103. The van der Waals surface area contributed by atoms with E-state index in [2.05, 4.69) is 82.1 Å². The summed E-state index contributed by atoms with van der Waals surface area (Å²) < 4.78 is 24.8. The fourth-order valence-corrected chi connectivity index (χ4v) is 25.1. The van der Waals surface area contributed by atoms with E-state index in [1.807, 2.05) is 13.8 Å². The summed E-state index contributed by atoms with van der Waals surface area (Å²) in [6.45, 7) is 25.2. The predicted octanol–water partition coefficient (Wildman–Crippen LogP) is 11.0. The number of hydrogen-bond acceptors (Lipinski definition) is 18. The Kier molecular flexibility index (Phi) is 54.8. The Hall–Kier alpha value is -3.91. The van der Waals surface area contributed by atoms with Crippen molar-refractivity contribution < 1.29 is 66.5 Å². The molecule has 0 aliphatic heterocycles. The third-order valence-electron chi connectivity index (χ3n) is 16.0. The van der Waals surface area contributed by atoms with Gasteiger partial charge in [0, 0.05) is 78.0 Å². The van der Waals surface area contributed by atoms with E-state index >= 15 is 0 Å². The molecule has 0 rings (SSSR count). The first-order valence-corrected chi connectivity index (χ1v) is 45.0. The first-order chi connectivity index (χ1) is 44.3. The molecule has 2 atom stereocenters. The van der Waals surface area contributed by atoms with E-state index in [0.29, 0.717) is 91.3 Å². The molecule has 0 fully saturated rings. The molecule has 0 radical (unpaired) electrons. The Labute approximate surface area is 564 Å². The number of nitrogens with one attached hydrogen (secondary N) is 8. The van der Waals surface area contributed by atoms with Crippen molar-refractivity contribution in [1.82, 2.24) is 52.7 Å². The molecular formula is C66H134N10O14Si3. The lowest BCUT2D eigenvalue weighted by Gasteiger charge is -2.38. The minimum absolute atomic E-state index is 0.0402. The molecular weight excluding hydrogens is 1240 g/mol. The summed E-state index contributed by atoms with van der Waals surface area (Å²) in [5.41, 5.74) is 4.52. The lowest BCUT2D eigenvalue weighted by Crippen LogP contribution is -2.52. The monoisotopic (exact) mass is 1370 g/mol. The smallest absolute Gasteiger partial charge is 0.324 e. The fourth-order valence-electron chi connectivity index (χ4n) is 10.9. The second-order valence-electron chi connectivity index (χ2n) is 27.0. The van der Waals surface area contributed by atoms with Crippen LogP contribution in [0.25, 0.3) is 0 Å². The molecule has 0 aromatic carbocycles. The van der Waals surface area contributed by atoms with Gasteiger partial charge in [0.1, 0.15) is 0 Å². The number of rotatable bonds is 62. The minimum Gasteiger partial charge on any atom is -0.466 e. The SMILES string of the molecule is CC(=O)NCCCCCCNC(=O)N(CCCCCCCC(=O)OCCCC[Si](C)(C)O[Si](C)(C)O[Si](C)(C)CCCCOC(=O)CCCCCCCN(C(=O)CNCCCCCC(C)NO)C(=O)NCCCCCCNC(C)=O)C(=O)CNCCCCCC(C)NO. The third kappa shape index (κ3) is 55.9. The van der Waals surface area contributed by atoms with Gasteiger partial charge in [0.15, 0.2) is 16.6 Å². The maximum Gasteiger partial charge on any atom is 0.324 e. The topological polar surface area (TPSA) is 317 Å². The van der Waals surface area contributed by atoms with Gasteiger partial charge in [-0.15, -0.1) is 0 Å². The van der Waals surface area contributed by atoms with Crippen LogP contribution in [0, 0.1) is 0 Å². The van der Waals surface area contributed by atoms with Crippen molar-refractivity contribution in [2.45, 2.75) is 297 Å². The Balaban J connectivity index is 4.55. The van der Waals surface area contributed by atoms with E-state index < -0.39 is 25.2 Å². The number of urea groups is 2. The predicted molar refractivity (Wildman–Crippen MR) is 376 cm³/mol. The second-order valence-corrected chi connectivity index (χ2v) is 39.4. The zero-order valence-corrected chi connectivity index (χ0v) is 62.9. The largest absolute Gasteiger partial charge is 0.466 e. The van der Waals surface area contributed by atoms with Gasteiger partial charge in [-0.2, -0.15) is 0 Å².